The van der Waals surface area contributed by atoms with Crippen LogP contribution in [-0.4, -0.2) is 63.2 Å². The number of hydrogen-bond donors (Lipinski definition) is 1. The van der Waals surface area contributed by atoms with E-state index in [9.17, 15) is 0 Å². The Morgan fingerprint density at radius 1 is 1.20 bits per heavy atom. The first-order chi connectivity index (χ1) is 9.49. The zero-order chi connectivity index (χ0) is 15.0. The summed E-state index contributed by atoms with van der Waals surface area (Å²) < 4.78 is 0. The molecule has 1 heterocycles. The normalized spacial score (nSPS) is 21.3. The fourth-order valence-electron chi connectivity index (χ4n) is 3.24. The molecule has 3 heteroatoms. The van der Waals surface area contributed by atoms with E-state index in [2.05, 4.69) is 50.0 Å². The molecule has 1 aliphatic heterocycles. The number of hydrogen-bond acceptors (Lipinski definition) is 3. The minimum Gasteiger partial charge on any atom is -0.316 e. The van der Waals surface area contributed by atoms with Crippen LogP contribution in [0.4, 0.5) is 0 Å². The molecule has 0 aromatic carbocycles. The van der Waals surface area contributed by atoms with Crippen molar-refractivity contribution in [3.8, 4) is 0 Å². The molecule has 0 spiro atoms. The summed E-state index contributed by atoms with van der Waals surface area (Å²) in [6.07, 6.45) is 5.25. The lowest BCUT2D eigenvalue weighted by Gasteiger charge is -2.39. The van der Waals surface area contributed by atoms with Gasteiger partial charge in [0.1, 0.15) is 0 Å². The molecule has 20 heavy (non-hydrogen) atoms. The van der Waals surface area contributed by atoms with E-state index in [0.717, 1.165) is 19.0 Å². The lowest BCUT2D eigenvalue weighted by Crippen LogP contribution is -2.45. The molecule has 1 N–H and O–H groups in total. The lowest BCUT2D eigenvalue weighted by atomic mass is 9.85. The van der Waals surface area contributed by atoms with Crippen molar-refractivity contribution in [2.24, 2.45) is 11.3 Å². The number of rotatable bonds is 9. The third kappa shape index (κ3) is 6.55. The van der Waals surface area contributed by atoms with Gasteiger partial charge in [0.15, 0.2) is 0 Å². The van der Waals surface area contributed by atoms with E-state index in [4.69, 9.17) is 0 Å². The summed E-state index contributed by atoms with van der Waals surface area (Å²) in [5, 5.41) is 3.62. The van der Waals surface area contributed by atoms with Crippen LogP contribution < -0.4 is 5.32 Å². The van der Waals surface area contributed by atoms with E-state index in [1.54, 1.807) is 0 Å². The summed E-state index contributed by atoms with van der Waals surface area (Å²) >= 11 is 0. The highest BCUT2D eigenvalue weighted by Gasteiger charge is 2.27. The highest BCUT2D eigenvalue weighted by molar-refractivity contribution is 4.82. The predicted molar refractivity (Wildman–Crippen MR) is 89.3 cm³/mol. The van der Waals surface area contributed by atoms with E-state index in [0.29, 0.717) is 5.41 Å². The molecule has 1 aliphatic rings. The predicted octanol–water partition coefficient (Wildman–Crippen LogP) is 2.68. The van der Waals surface area contributed by atoms with Crippen molar-refractivity contribution in [1.82, 2.24) is 15.1 Å². The molecule has 0 aromatic rings. The van der Waals surface area contributed by atoms with Gasteiger partial charge in [-0.3, -0.25) is 0 Å². The minimum absolute atomic E-state index is 0.434. The molecule has 1 unspecified atom stereocenters. The topological polar surface area (TPSA) is 18.5 Å². The second-order valence-corrected chi connectivity index (χ2v) is 7.32. The maximum Gasteiger partial charge on any atom is 0.00474 e. The molecule has 0 amide bonds. The Balaban J connectivity index is 2.32. The molecule has 1 atom stereocenters. The van der Waals surface area contributed by atoms with E-state index < -0.39 is 0 Å². The molecule has 120 valence electrons. The van der Waals surface area contributed by atoms with E-state index in [-0.39, 0.29) is 0 Å². The highest BCUT2D eigenvalue weighted by Crippen LogP contribution is 2.25. The minimum atomic E-state index is 0.434. The van der Waals surface area contributed by atoms with Crippen LogP contribution in [0.3, 0.4) is 0 Å². The summed E-state index contributed by atoms with van der Waals surface area (Å²) in [7, 11) is 4.39. The van der Waals surface area contributed by atoms with Gasteiger partial charge in [0, 0.05) is 19.6 Å². The average Bonchev–Trinajstić information content (AvgIpc) is 2.41. The van der Waals surface area contributed by atoms with Gasteiger partial charge in [-0.1, -0.05) is 20.8 Å². The number of nitrogens with one attached hydrogen (secondary N) is 1. The van der Waals surface area contributed by atoms with E-state index in [1.807, 2.05) is 0 Å². The Morgan fingerprint density at radius 2 is 1.85 bits per heavy atom. The summed E-state index contributed by atoms with van der Waals surface area (Å²) in [4.78, 5) is 5.04. The van der Waals surface area contributed by atoms with Crippen LogP contribution in [-0.2, 0) is 0 Å². The van der Waals surface area contributed by atoms with Crippen molar-refractivity contribution in [2.45, 2.75) is 46.5 Å². The van der Waals surface area contributed by atoms with Crippen molar-refractivity contribution in [1.29, 1.82) is 0 Å². The third-order valence-corrected chi connectivity index (χ3v) is 4.77. The van der Waals surface area contributed by atoms with Gasteiger partial charge in [-0.05, 0) is 70.7 Å². The Labute approximate surface area is 127 Å². The van der Waals surface area contributed by atoms with E-state index >= 15 is 0 Å². The summed E-state index contributed by atoms with van der Waals surface area (Å²) in [6, 6.07) is 0. The van der Waals surface area contributed by atoms with Crippen LogP contribution in [0, 0.1) is 11.3 Å². The first kappa shape index (κ1) is 17.9. The second-order valence-electron chi connectivity index (χ2n) is 7.32. The van der Waals surface area contributed by atoms with Crippen LogP contribution in [0.2, 0.25) is 0 Å². The van der Waals surface area contributed by atoms with Crippen molar-refractivity contribution < 1.29 is 0 Å². The maximum absolute atomic E-state index is 3.62. The van der Waals surface area contributed by atoms with Crippen LogP contribution in [0.1, 0.15) is 46.5 Å². The summed E-state index contributed by atoms with van der Waals surface area (Å²) in [6.45, 7) is 14.4. The zero-order valence-corrected chi connectivity index (χ0v) is 14.5. The Bertz CT molecular complexity index is 247. The monoisotopic (exact) mass is 283 g/mol. The van der Waals surface area contributed by atoms with Gasteiger partial charge >= 0.3 is 0 Å². The first-order valence-electron chi connectivity index (χ1n) is 8.57. The quantitative estimate of drug-likeness (QED) is 0.656. The van der Waals surface area contributed by atoms with Gasteiger partial charge in [0.25, 0.3) is 0 Å². The molecule has 0 bridgehead atoms. The molecular weight excluding hydrogens is 246 g/mol. The van der Waals surface area contributed by atoms with Gasteiger partial charge < -0.3 is 15.1 Å². The zero-order valence-electron chi connectivity index (χ0n) is 14.5. The van der Waals surface area contributed by atoms with Gasteiger partial charge in [-0.25, -0.2) is 0 Å². The SMILES string of the molecule is CCCNCC(C)(CC)CN1CCC(CN(C)C)CC1. The van der Waals surface area contributed by atoms with Gasteiger partial charge in [0.2, 0.25) is 0 Å². The smallest absolute Gasteiger partial charge is 0.00474 e. The van der Waals surface area contributed by atoms with Gasteiger partial charge in [-0.2, -0.15) is 0 Å². The molecule has 3 nitrogen and oxygen atoms in total. The summed E-state index contributed by atoms with van der Waals surface area (Å²) in [5.74, 6) is 0.910. The second kappa shape index (κ2) is 9.01. The third-order valence-electron chi connectivity index (χ3n) is 4.77. The van der Waals surface area contributed by atoms with Crippen LogP contribution in [0.15, 0.2) is 0 Å². The lowest BCUT2D eigenvalue weighted by molar-refractivity contribution is 0.106. The number of nitrogens with zero attached hydrogens (tertiary/aromatic N) is 2. The standard InChI is InChI=1S/C17H37N3/c1-6-10-18-14-17(3,7-2)15-20-11-8-16(9-12-20)13-19(4)5/h16,18H,6-15H2,1-5H3. The fourth-order valence-corrected chi connectivity index (χ4v) is 3.24. The van der Waals surface area contributed by atoms with Gasteiger partial charge in [0.05, 0.1) is 0 Å². The maximum atomic E-state index is 3.62. The van der Waals surface area contributed by atoms with Crippen molar-refractivity contribution >= 4 is 0 Å². The molecule has 1 saturated heterocycles. The molecule has 0 saturated carbocycles. The Kier molecular flexibility index (Phi) is 8.08. The Hall–Kier alpha value is -0.120. The van der Waals surface area contributed by atoms with Crippen molar-refractivity contribution in [2.75, 3.05) is 53.4 Å². The molecule has 1 fully saturated rings. The number of piperidine rings is 1. The largest absolute Gasteiger partial charge is 0.316 e. The van der Waals surface area contributed by atoms with Crippen molar-refractivity contribution in [3.05, 3.63) is 0 Å². The first-order valence-corrected chi connectivity index (χ1v) is 8.57. The van der Waals surface area contributed by atoms with Crippen molar-refractivity contribution in [3.63, 3.8) is 0 Å². The summed E-state index contributed by atoms with van der Waals surface area (Å²) in [5.41, 5.74) is 0.434. The van der Waals surface area contributed by atoms with Crippen LogP contribution >= 0.6 is 0 Å². The molecule has 0 aromatic heterocycles. The highest BCUT2D eigenvalue weighted by atomic mass is 15.1. The fraction of sp³-hybridized carbons (Fsp3) is 1.00. The average molecular weight is 284 g/mol. The van der Waals surface area contributed by atoms with Gasteiger partial charge in [-0.15, -0.1) is 0 Å². The molecule has 1 rings (SSSR count). The Morgan fingerprint density at radius 3 is 2.35 bits per heavy atom. The number of likely N-dealkylation sites (tertiary alicyclic amines) is 1. The molecule has 0 radical (unpaired) electrons. The van der Waals surface area contributed by atoms with Crippen LogP contribution in [0.5, 0.6) is 0 Å². The van der Waals surface area contributed by atoms with E-state index in [1.165, 1.54) is 51.9 Å². The molecule has 0 aliphatic carbocycles. The molecular formula is C17H37N3. The van der Waals surface area contributed by atoms with Crippen LogP contribution in [0.25, 0.3) is 0 Å².